The van der Waals surface area contributed by atoms with Gasteiger partial charge < -0.3 is 15.0 Å². The molecule has 2 aromatic heterocycles. The van der Waals surface area contributed by atoms with Crippen molar-refractivity contribution < 1.29 is 14.3 Å². The van der Waals surface area contributed by atoms with Crippen molar-refractivity contribution in [3.63, 3.8) is 0 Å². The fourth-order valence-electron chi connectivity index (χ4n) is 5.08. The van der Waals surface area contributed by atoms with E-state index < -0.39 is 17.4 Å². The van der Waals surface area contributed by atoms with Crippen LogP contribution in [0.15, 0.2) is 110 Å². The van der Waals surface area contributed by atoms with Crippen LogP contribution in [0.1, 0.15) is 16.8 Å². The highest BCUT2D eigenvalue weighted by Gasteiger charge is 2.37. The summed E-state index contributed by atoms with van der Waals surface area (Å²) in [6.45, 7) is 0. The summed E-state index contributed by atoms with van der Waals surface area (Å²) >= 11 is 12.5. The van der Waals surface area contributed by atoms with Crippen molar-refractivity contribution in [2.24, 2.45) is 7.05 Å². The first kappa shape index (κ1) is 28.4. The standard InChI is InChI=1S/C33H24Cl2FN5O2/c1-41-19-37-18-30(41)33(43,21-5-8-23(34)9-6-21)22-7-14-29-28(16-22)27(20-3-2-4-24(35)15-20)17-31(39-29)40-32(42)38-26-12-10-25(36)11-13-26/h2-19,43H,1H3,(H2,38,39,40,42). The minimum absolute atomic E-state index is 0.287. The molecule has 4 aromatic carbocycles. The maximum absolute atomic E-state index is 13.3. The molecule has 2 heterocycles. The molecule has 43 heavy (non-hydrogen) atoms. The van der Waals surface area contributed by atoms with Crippen molar-refractivity contribution >= 4 is 51.6 Å². The summed E-state index contributed by atoms with van der Waals surface area (Å²) in [4.78, 5) is 21.7. The quantitative estimate of drug-likeness (QED) is 0.178. The van der Waals surface area contributed by atoms with Crippen molar-refractivity contribution in [1.82, 2.24) is 14.5 Å². The van der Waals surface area contributed by atoms with Crippen molar-refractivity contribution in [2.75, 3.05) is 10.6 Å². The minimum atomic E-state index is -1.58. The molecule has 6 aromatic rings. The molecule has 0 saturated carbocycles. The zero-order valence-electron chi connectivity index (χ0n) is 22.7. The summed E-state index contributed by atoms with van der Waals surface area (Å²) in [6, 6.07) is 26.5. The fourth-order valence-corrected chi connectivity index (χ4v) is 5.40. The van der Waals surface area contributed by atoms with E-state index in [1.807, 2.05) is 31.3 Å². The maximum Gasteiger partial charge on any atom is 0.324 e. The molecule has 1 atom stereocenters. The first-order valence-corrected chi connectivity index (χ1v) is 14.0. The Balaban J connectivity index is 1.49. The Hall–Kier alpha value is -4.76. The van der Waals surface area contributed by atoms with Gasteiger partial charge in [-0.05, 0) is 89.0 Å². The molecule has 0 spiro atoms. The lowest BCUT2D eigenvalue weighted by Crippen LogP contribution is -2.31. The van der Waals surface area contributed by atoms with Gasteiger partial charge in [0.2, 0.25) is 0 Å². The third-order valence-electron chi connectivity index (χ3n) is 7.16. The van der Waals surface area contributed by atoms with E-state index in [-0.39, 0.29) is 5.82 Å². The van der Waals surface area contributed by atoms with Gasteiger partial charge in [0.15, 0.2) is 5.60 Å². The summed E-state index contributed by atoms with van der Waals surface area (Å²) in [7, 11) is 1.82. The Morgan fingerprint density at radius 1 is 0.884 bits per heavy atom. The summed E-state index contributed by atoms with van der Waals surface area (Å²) < 4.78 is 15.1. The van der Waals surface area contributed by atoms with Crippen LogP contribution in [0.5, 0.6) is 0 Å². The largest absolute Gasteiger partial charge is 0.374 e. The number of nitrogens with zero attached hydrogens (tertiary/aromatic N) is 3. The highest BCUT2D eigenvalue weighted by atomic mass is 35.5. The average Bonchev–Trinajstić information content (AvgIpc) is 3.44. The third-order valence-corrected chi connectivity index (χ3v) is 7.64. The zero-order valence-corrected chi connectivity index (χ0v) is 24.2. The molecule has 3 N–H and O–H groups in total. The van der Waals surface area contributed by atoms with Crippen LogP contribution in [0, 0.1) is 5.82 Å². The van der Waals surface area contributed by atoms with Gasteiger partial charge in [-0.2, -0.15) is 0 Å². The van der Waals surface area contributed by atoms with Crippen molar-refractivity contribution in [2.45, 2.75) is 5.60 Å². The van der Waals surface area contributed by atoms with E-state index in [0.29, 0.717) is 38.1 Å². The average molecular weight is 612 g/mol. The molecule has 0 radical (unpaired) electrons. The molecule has 0 saturated heterocycles. The van der Waals surface area contributed by atoms with Crippen LogP contribution in [0.3, 0.4) is 0 Å². The summed E-state index contributed by atoms with van der Waals surface area (Å²) in [5.41, 5.74) is 2.67. The van der Waals surface area contributed by atoms with E-state index in [4.69, 9.17) is 23.2 Å². The molecule has 0 aliphatic carbocycles. The van der Waals surface area contributed by atoms with Crippen LogP contribution in [0.2, 0.25) is 10.0 Å². The fraction of sp³-hybridized carbons (Fsp3) is 0.0606. The van der Waals surface area contributed by atoms with Crippen LogP contribution in [0.25, 0.3) is 22.0 Å². The second kappa shape index (κ2) is 11.5. The topological polar surface area (TPSA) is 92.1 Å². The van der Waals surface area contributed by atoms with Gasteiger partial charge >= 0.3 is 6.03 Å². The number of carbonyl (C=O) groups excluding carboxylic acids is 1. The molecule has 1 unspecified atom stereocenters. The second-order valence-electron chi connectivity index (χ2n) is 9.99. The van der Waals surface area contributed by atoms with E-state index in [0.717, 1.165) is 16.5 Å². The molecule has 6 rings (SSSR count). The number of benzene rings is 4. The Labute approximate surface area is 256 Å². The number of carbonyl (C=O) groups is 1. The van der Waals surface area contributed by atoms with Crippen LogP contribution in [-0.2, 0) is 12.6 Å². The number of halogens is 3. The number of fused-ring (bicyclic) bond motifs is 1. The van der Waals surface area contributed by atoms with Gasteiger partial charge in [0, 0.05) is 28.2 Å². The van der Waals surface area contributed by atoms with Gasteiger partial charge in [-0.15, -0.1) is 0 Å². The molecular weight excluding hydrogens is 588 g/mol. The summed E-state index contributed by atoms with van der Waals surface area (Å²) in [5, 5.41) is 19.7. The maximum atomic E-state index is 13.3. The van der Waals surface area contributed by atoms with Crippen LogP contribution in [0.4, 0.5) is 20.7 Å². The zero-order chi connectivity index (χ0) is 30.1. The number of urea groups is 1. The van der Waals surface area contributed by atoms with E-state index in [1.165, 1.54) is 24.3 Å². The number of anilines is 2. The van der Waals surface area contributed by atoms with Gasteiger partial charge in [-0.3, -0.25) is 5.32 Å². The normalized spacial score (nSPS) is 12.6. The highest BCUT2D eigenvalue weighted by Crippen LogP contribution is 2.40. The van der Waals surface area contributed by atoms with E-state index in [9.17, 15) is 14.3 Å². The first-order chi connectivity index (χ1) is 20.7. The van der Waals surface area contributed by atoms with Crippen LogP contribution in [-0.4, -0.2) is 25.7 Å². The molecule has 0 fully saturated rings. The first-order valence-electron chi connectivity index (χ1n) is 13.2. The lowest BCUT2D eigenvalue weighted by molar-refractivity contribution is 0.117. The number of pyridine rings is 1. The number of imidazole rings is 1. The lowest BCUT2D eigenvalue weighted by atomic mass is 9.82. The molecule has 0 bridgehead atoms. The van der Waals surface area contributed by atoms with Crippen LogP contribution < -0.4 is 10.6 Å². The van der Waals surface area contributed by atoms with E-state index in [1.54, 1.807) is 65.6 Å². The van der Waals surface area contributed by atoms with Crippen molar-refractivity contribution in [3.05, 3.63) is 142 Å². The Bertz CT molecular complexity index is 1960. The monoisotopic (exact) mass is 611 g/mol. The minimum Gasteiger partial charge on any atom is -0.374 e. The molecule has 2 amide bonds. The van der Waals surface area contributed by atoms with Crippen molar-refractivity contribution in [1.29, 1.82) is 0 Å². The number of aryl methyl sites for hydroxylation is 1. The van der Waals surface area contributed by atoms with Crippen LogP contribution >= 0.6 is 23.2 Å². The smallest absolute Gasteiger partial charge is 0.324 e. The Kier molecular flexibility index (Phi) is 7.58. The number of aromatic nitrogens is 3. The SMILES string of the molecule is Cn1cncc1C(O)(c1ccc(Cl)cc1)c1ccc2nc(NC(=O)Nc3ccc(F)cc3)cc(-c3cccc(Cl)c3)c2c1. The summed E-state index contributed by atoms with van der Waals surface area (Å²) in [5.74, 6) is -0.117. The van der Waals surface area contributed by atoms with E-state index >= 15 is 0 Å². The van der Waals surface area contributed by atoms with Gasteiger partial charge in [0.1, 0.15) is 11.6 Å². The molecule has 0 aliphatic heterocycles. The summed E-state index contributed by atoms with van der Waals surface area (Å²) in [6.07, 6.45) is 3.26. The van der Waals surface area contributed by atoms with E-state index in [2.05, 4.69) is 20.6 Å². The molecule has 214 valence electrons. The molecular formula is C33H24Cl2FN5O2. The predicted octanol–water partition coefficient (Wildman–Crippen LogP) is 8.01. The molecule has 0 aliphatic rings. The van der Waals surface area contributed by atoms with Gasteiger partial charge in [-0.1, -0.05) is 53.5 Å². The van der Waals surface area contributed by atoms with Gasteiger partial charge in [0.25, 0.3) is 0 Å². The predicted molar refractivity (Wildman–Crippen MR) is 168 cm³/mol. The highest BCUT2D eigenvalue weighted by molar-refractivity contribution is 6.31. The van der Waals surface area contributed by atoms with Gasteiger partial charge in [-0.25, -0.2) is 19.2 Å². The third kappa shape index (κ3) is 5.68. The molecule has 7 nitrogen and oxygen atoms in total. The Morgan fingerprint density at radius 2 is 1.63 bits per heavy atom. The number of amides is 2. The number of aliphatic hydroxyl groups is 1. The number of rotatable bonds is 6. The molecule has 10 heteroatoms. The van der Waals surface area contributed by atoms with Crippen molar-refractivity contribution in [3.8, 4) is 11.1 Å². The lowest BCUT2D eigenvalue weighted by Gasteiger charge is -2.30. The second-order valence-corrected chi connectivity index (χ2v) is 10.9. The number of hydrogen-bond donors (Lipinski definition) is 3. The number of hydrogen-bond acceptors (Lipinski definition) is 4. The number of nitrogens with one attached hydrogen (secondary N) is 2. The Morgan fingerprint density at radius 3 is 2.33 bits per heavy atom. The van der Waals surface area contributed by atoms with Gasteiger partial charge in [0.05, 0.1) is 23.7 Å².